The monoisotopic (exact) mass is 247 g/mol. The van der Waals surface area contributed by atoms with Gasteiger partial charge in [-0.2, -0.15) is 0 Å². The molecule has 0 aromatic rings. The number of rotatable bonds is 6. The lowest BCUT2D eigenvalue weighted by atomic mass is 9.74. The van der Waals surface area contributed by atoms with Crippen LogP contribution in [0.15, 0.2) is 35.5 Å². The summed E-state index contributed by atoms with van der Waals surface area (Å²) in [6.45, 7) is 21.8. The SMILES string of the molecule is C=CC(C)(C)[C](C=C(C)C(C)C)CC(C)=C(C)C. The van der Waals surface area contributed by atoms with E-state index in [4.69, 9.17) is 0 Å². The van der Waals surface area contributed by atoms with E-state index >= 15 is 0 Å². The van der Waals surface area contributed by atoms with Crippen LogP contribution in [-0.2, 0) is 0 Å². The molecule has 0 nitrogen and oxygen atoms in total. The summed E-state index contributed by atoms with van der Waals surface area (Å²) in [5, 5.41) is 0. The predicted molar refractivity (Wildman–Crippen MR) is 84.5 cm³/mol. The number of allylic oxidation sites excluding steroid dienone is 5. The highest BCUT2D eigenvalue weighted by Gasteiger charge is 2.26. The van der Waals surface area contributed by atoms with E-state index in [-0.39, 0.29) is 5.41 Å². The molecule has 0 heteroatoms. The second kappa shape index (κ2) is 6.97. The Labute approximate surface area is 115 Å². The molecule has 0 bridgehead atoms. The van der Waals surface area contributed by atoms with Gasteiger partial charge < -0.3 is 0 Å². The lowest BCUT2D eigenvalue weighted by Crippen LogP contribution is -2.19. The molecule has 103 valence electrons. The predicted octanol–water partition coefficient (Wildman–Crippen LogP) is 6.12. The molecule has 0 atom stereocenters. The smallest absolute Gasteiger partial charge is 0.0109 e. The molecule has 0 aromatic heterocycles. The van der Waals surface area contributed by atoms with E-state index in [0.717, 1.165) is 6.42 Å². The van der Waals surface area contributed by atoms with E-state index in [1.165, 1.54) is 22.6 Å². The van der Waals surface area contributed by atoms with Crippen LogP contribution in [0.4, 0.5) is 0 Å². The number of hydrogen-bond acceptors (Lipinski definition) is 0. The van der Waals surface area contributed by atoms with Crippen molar-refractivity contribution in [2.75, 3.05) is 0 Å². The molecule has 0 unspecified atom stereocenters. The van der Waals surface area contributed by atoms with Gasteiger partial charge in [-0.05, 0) is 45.4 Å². The van der Waals surface area contributed by atoms with Crippen molar-refractivity contribution in [2.45, 2.75) is 61.8 Å². The maximum absolute atomic E-state index is 3.99. The van der Waals surface area contributed by atoms with Crippen molar-refractivity contribution in [1.29, 1.82) is 0 Å². The van der Waals surface area contributed by atoms with Gasteiger partial charge in [0.2, 0.25) is 0 Å². The Bertz CT molecular complexity index is 333. The van der Waals surface area contributed by atoms with E-state index in [1.807, 2.05) is 0 Å². The van der Waals surface area contributed by atoms with Gasteiger partial charge in [0, 0.05) is 5.92 Å². The second-order valence-electron chi connectivity index (χ2n) is 6.45. The molecule has 18 heavy (non-hydrogen) atoms. The lowest BCUT2D eigenvalue weighted by molar-refractivity contribution is 0.503. The minimum Gasteiger partial charge on any atom is -0.103 e. The Hall–Kier alpha value is -0.780. The first-order chi connectivity index (χ1) is 8.11. The van der Waals surface area contributed by atoms with Gasteiger partial charge in [0.15, 0.2) is 0 Å². The van der Waals surface area contributed by atoms with Crippen molar-refractivity contribution >= 4 is 0 Å². The normalized spacial score (nSPS) is 13.1. The van der Waals surface area contributed by atoms with Crippen LogP contribution in [0.1, 0.15) is 61.8 Å². The van der Waals surface area contributed by atoms with Crippen molar-refractivity contribution in [3.8, 4) is 0 Å². The highest BCUT2D eigenvalue weighted by Crippen LogP contribution is 2.37. The van der Waals surface area contributed by atoms with Crippen molar-refractivity contribution in [1.82, 2.24) is 0 Å². The van der Waals surface area contributed by atoms with E-state index in [0.29, 0.717) is 5.92 Å². The molecule has 0 amide bonds. The van der Waals surface area contributed by atoms with E-state index in [9.17, 15) is 0 Å². The van der Waals surface area contributed by atoms with Crippen molar-refractivity contribution in [3.63, 3.8) is 0 Å². The summed E-state index contributed by atoms with van der Waals surface area (Å²) in [7, 11) is 0. The second-order valence-corrected chi connectivity index (χ2v) is 6.45. The van der Waals surface area contributed by atoms with Crippen molar-refractivity contribution in [3.05, 3.63) is 41.4 Å². The fourth-order valence-corrected chi connectivity index (χ4v) is 1.50. The van der Waals surface area contributed by atoms with Gasteiger partial charge in [0.05, 0.1) is 0 Å². The molecule has 0 saturated heterocycles. The Balaban J connectivity index is 5.28. The molecule has 0 aliphatic rings. The molecule has 0 N–H and O–H groups in total. The third-order valence-electron chi connectivity index (χ3n) is 3.96. The Kier molecular flexibility index (Phi) is 6.67. The summed E-state index contributed by atoms with van der Waals surface area (Å²) in [5.41, 5.74) is 4.39. The summed E-state index contributed by atoms with van der Waals surface area (Å²) in [6, 6.07) is 0. The molecule has 0 spiro atoms. The average Bonchev–Trinajstić information content (AvgIpc) is 2.27. The van der Waals surface area contributed by atoms with Crippen molar-refractivity contribution < 1.29 is 0 Å². The third kappa shape index (κ3) is 5.25. The minimum atomic E-state index is 0.0624. The molecule has 0 heterocycles. The molecule has 0 aromatic carbocycles. The summed E-state index contributed by atoms with van der Waals surface area (Å²) in [4.78, 5) is 0. The fraction of sp³-hybridized carbons (Fsp3) is 0.611. The summed E-state index contributed by atoms with van der Waals surface area (Å²) >= 11 is 0. The first kappa shape index (κ1) is 17.2. The van der Waals surface area contributed by atoms with Crippen LogP contribution in [-0.4, -0.2) is 0 Å². The molecule has 0 fully saturated rings. The zero-order chi connectivity index (χ0) is 14.5. The zero-order valence-electron chi connectivity index (χ0n) is 13.6. The van der Waals surface area contributed by atoms with Gasteiger partial charge in [0.25, 0.3) is 0 Å². The summed E-state index contributed by atoms with van der Waals surface area (Å²) in [5.74, 6) is 2.06. The summed E-state index contributed by atoms with van der Waals surface area (Å²) in [6.07, 6.45) is 5.48. The first-order valence-corrected chi connectivity index (χ1v) is 6.92. The van der Waals surface area contributed by atoms with Gasteiger partial charge in [-0.1, -0.05) is 56.6 Å². The average molecular weight is 247 g/mol. The highest BCUT2D eigenvalue weighted by atomic mass is 14.3. The van der Waals surface area contributed by atoms with E-state index in [2.05, 4.69) is 74.1 Å². The van der Waals surface area contributed by atoms with Gasteiger partial charge >= 0.3 is 0 Å². The van der Waals surface area contributed by atoms with Crippen LogP contribution >= 0.6 is 0 Å². The third-order valence-corrected chi connectivity index (χ3v) is 3.96. The molecule has 0 saturated carbocycles. The standard InChI is InChI=1S/C18H31/c1-10-18(8,9)17(11-15(6)13(2)3)12-16(7)14(4)5/h10-11,13H,1,12H2,2-9H3. The maximum Gasteiger partial charge on any atom is 0.0109 e. The van der Waals surface area contributed by atoms with Gasteiger partial charge in [0.1, 0.15) is 0 Å². The quantitative estimate of drug-likeness (QED) is 0.496. The molecule has 0 aliphatic carbocycles. The minimum absolute atomic E-state index is 0.0624. The Morgan fingerprint density at radius 3 is 1.94 bits per heavy atom. The lowest BCUT2D eigenvalue weighted by Gasteiger charge is -2.30. The zero-order valence-corrected chi connectivity index (χ0v) is 13.6. The fourth-order valence-electron chi connectivity index (χ4n) is 1.50. The maximum atomic E-state index is 3.99. The first-order valence-electron chi connectivity index (χ1n) is 6.92. The largest absolute Gasteiger partial charge is 0.103 e. The number of hydrogen-bond donors (Lipinski definition) is 0. The van der Waals surface area contributed by atoms with Crippen LogP contribution in [0, 0.1) is 17.3 Å². The topological polar surface area (TPSA) is 0 Å². The highest BCUT2D eigenvalue weighted by molar-refractivity contribution is 5.30. The Morgan fingerprint density at radius 2 is 1.61 bits per heavy atom. The van der Waals surface area contributed by atoms with Crippen LogP contribution in [0.2, 0.25) is 0 Å². The molecular formula is C18H31. The molecule has 1 radical (unpaired) electrons. The van der Waals surface area contributed by atoms with Crippen LogP contribution in [0.3, 0.4) is 0 Å². The van der Waals surface area contributed by atoms with Gasteiger partial charge in [-0.3, -0.25) is 0 Å². The Morgan fingerprint density at radius 1 is 1.11 bits per heavy atom. The van der Waals surface area contributed by atoms with Gasteiger partial charge in [-0.25, -0.2) is 0 Å². The van der Waals surface area contributed by atoms with Crippen LogP contribution in [0.5, 0.6) is 0 Å². The van der Waals surface area contributed by atoms with Crippen LogP contribution < -0.4 is 0 Å². The molecular weight excluding hydrogens is 216 g/mol. The van der Waals surface area contributed by atoms with E-state index < -0.39 is 0 Å². The summed E-state index contributed by atoms with van der Waals surface area (Å²) < 4.78 is 0. The molecule has 0 rings (SSSR count). The van der Waals surface area contributed by atoms with Crippen molar-refractivity contribution in [2.24, 2.45) is 11.3 Å². The molecule has 0 aliphatic heterocycles. The van der Waals surface area contributed by atoms with E-state index in [1.54, 1.807) is 0 Å². The van der Waals surface area contributed by atoms with Crippen LogP contribution in [0.25, 0.3) is 0 Å². The van der Waals surface area contributed by atoms with Gasteiger partial charge in [-0.15, -0.1) is 6.58 Å².